The molecule has 2 unspecified atom stereocenters. The van der Waals surface area contributed by atoms with E-state index in [2.05, 4.69) is 21.8 Å². The molecule has 0 radical (unpaired) electrons. The lowest BCUT2D eigenvalue weighted by Gasteiger charge is -2.25. The van der Waals surface area contributed by atoms with Crippen molar-refractivity contribution < 1.29 is 14.3 Å². The first-order valence-corrected chi connectivity index (χ1v) is 8.29. The molecule has 2 heterocycles. The molecule has 1 amide bonds. The SMILES string of the molecule is C=CCNC(=O)c1ccc(N2CC3CCCC3(C(=O)OC)C2)nc1. The first-order chi connectivity index (χ1) is 11.6. The van der Waals surface area contributed by atoms with Crippen molar-refractivity contribution in [3.8, 4) is 0 Å². The number of pyridine rings is 1. The van der Waals surface area contributed by atoms with E-state index in [-0.39, 0.29) is 11.9 Å². The number of hydrogen-bond acceptors (Lipinski definition) is 5. The van der Waals surface area contributed by atoms with Gasteiger partial charge in [-0.3, -0.25) is 9.59 Å². The predicted molar refractivity (Wildman–Crippen MR) is 90.8 cm³/mol. The van der Waals surface area contributed by atoms with Crippen LogP contribution in [0.5, 0.6) is 0 Å². The summed E-state index contributed by atoms with van der Waals surface area (Å²) in [6, 6.07) is 3.61. The lowest BCUT2D eigenvalue weighted by atomic mass is 9.81. The molecule has 1 aromatic heterocycles. The first-order valence-electron chi connectivity index (χ1n) is 8.29. The summed E-state index contributed by atoms with van der Waals surface area (Å²) in [7, 11) is 1.46. The second-order valence-electron chi connectivity index (χ2n) is 6.52. The number of nitrogens with zero attached hydrogens (tertiary/aromatic N) is 2. The van der Waals surface area contributed by atoms with Crippen molar-refractivity contribution in [2.24, 2.45) is 11.3 Å². The van der Waals surface area contributed by atoms with Crippen LogP contribution in [0.25, 0.3) is 0 Å². The Morgan fingerprint density at radius 1 is 1.54 bits per heavy atom. The largest absolute Gasteiger partial charge is 0.469 e. The van der Waals surface area contributed by atoms with Gasteiger partial charge in [0.25, 0.3) is 5.91 Å². The number of esters is 1. The van der Waals surface area contributed by atoms with Crippen LogP contribution >= 0.6 is 0 Å². The van der Waals surface area contributed by atoms with Gasteiger partial charge >= 0.3 is 5.97 Å². The van der Waals surface area contributed by atoms with Gasteiger partial charge in [0, 0.05) is 25.8 Å². The van der Waals surface area contributed by atoms with Crippen molar-refractivity contribution in [3.05, 3.63) is 36.5 Å². The monoisotopic (exact) mass is 329 g/mol. The fourth-order valence-electron chi connectivity index (χ4n) is 3.98. The average Bonchev–Trinajstić information content (AvgIpc) is 3.17. The Morgan fingerprint density at radius 3 is 3.04 bits per heavy atom. The third kappa shape index (κ3) is 2.77. The highest BCUT2D eigenvalue weighted by atomic mass is 16.5. The maximum atomic E-state index is 12.3. The normalized spacial score (nSPS) is 25.2. The summed E-state index contributed by atoms with van der Waals surface area (Å²) in [5.74, 6) is 0.849. The maximum Gasteiger partial charge on any atom is 0.313 e. The molecule has 1 saturated heterocycles. The smallest absolute Gasteiger partial charge is 0.313 e. The molecule has 128 valence electrons. The second kappa shape index (κ2) is 6.63. The van der Waals surface area contributed by atoms with Crippen LogP contribution in [0.15, 0.2) is 31.0 Å². The van der Waals surface area contributed by atoms with Gasteiger partial charge in [0.15, 0.2) is 0 Å². The molecule has 3 rings (SSSR count). The Hall–Kier alpha value is -2.37. The molecule has 1 aliphatic heterocycles. The molecule has 2 fully saturated rings. The van der Waals surface area contributed by atoms with Crippen LogP contribution in [0.3, 0.4) is 0 Å². The summed E-state index contributed by atoms with van der Waals surface area (Å²) in [4.78, 5) is 30.8. The number of fused-ring (bicyclic) bond motifs is 1. The number of carbonyl (C=O) groups is 2. The van der Waals surface area contributed by atoms with Crippen LogP contribution in [0.1, 0.15) is 29.6 Å². The van der Waals surface area contributed by atoms with Crippen molar-refractivity contribution in [3.63, 3.8) is 0 Å². The highest BCUT2D eigenvalue weighted by Crippen LogP contribution is 2.50. The van der Waals surface area contributed by atoms with E-state index in [1.807, 2.05) is 6.07 Å². The number of aromatic nitrogens is 1. The van der Waals surface area contributed by atoms with Crippen LogP contribution in [0.2, 0.25) is 0 Å². The zero-order valence-corrected chi connectivity index (χ0v) is 14.0. The summed E-state index contributed by atoms with van der Waals surface area (Å²) >= 11 is 0. The Morgan fingerprint density at radius 2 is 2.38 bits per heavy atom. The molecule has 0 spiro atoms. The van der Waals surface area contributed by atoms with Gasteiger partial charge in [-0.2, -0.15) is 0 Å². The van der Waals surface area contributed by atoms with Crippen LogP contribution in [0.4, 0.5) is 5.82 Å². The molecule has 2 atom stereocenters. The molecule has 2 aliphatic rings. The van der Waals surface area contributed by atoms with E-state index in [1.54, 1.807) is 18.3 Å². The van der Waals surface area contributed by atoms with Crippen LogP contribution in [0, 0.1) is 11.3 Å². The van der Waals surface area contributed by atoms with Gasteiger partial charge < -0.3 is 15.0 Å². The van der Waals surface area contributed by atoms with Crippen molar-refractivity contribution >= 4 is 17.7 Å². The second-order valence-corrected chi connectivity index (χ2v) is 6.52. The third-order valence-corrected chi connectivity index (χ3v) is 5.20. The maximum absolute atomic E-state index is 12.3. The van der Waals surface area contributed by atoms with E-state index in [0.717, 1.165) is 31.6 Å². The summed E-state index contributed by atoms with van der Waals surface area (Å²) in [6.45, 7) is 5.45. The van der Waals surface area contributed by atoms with Crippen molar-refractivity contribution in [2.45, 2.75) is 19.3 Å². The zero-order valence-electron chi connectivity index (χ0n) is 14.0. The number of nitrogens with one attached hydrogen (secondary N) is 1. The number of amides is 1. The quantitative estimate of drug-likeness (QED) is 0.658. The number of anilines is 1. The molecule has 1 N–H and O–H groups in total. The van der Waals surface area contributed by atoms with Gasteiger partial charge in [0.05, 0.1) is 18.1 Å². The van der Waals surface area contributed by atoms with Gasteiger partial charge in [-0.15, -0.1) is 6.58 Å². The third-order valence-electron chi connectivity index (χ3n) is 5.20. The molecule has 0 aromatic carbocycles. The molecular weight excluding hydrogens is 306 g/mol. The van der Waals surface area contributed by atoms with Crippen molar-refractivity contribution in [1.82, 2.24) is 10.3 Å². The lowest BCUT2D eigenvalue weighted by molar-refractivity contribution is -0.152. The summed E-state index contributed by atoms with van der Waals surface area (Å²) in [5, 5.41) is 2.73. The standard InChI is InChI=1S/C18H23N3O3/c1-3-9-19-16(22)13-6-7-15(20-10-13)21-11-14-5-4-8-18(14,12-21)17(23)24-2/h3,6-7,10,14H,1,4-5,8-9,11-12H2,2H3,(H,19,22). The number of rotatable bonds is 5. The molecular formula is C18H23N3O3. The molecule has 6 heteroatoms. The van der Waals surface area contributed by atoms with Gasteiger partial charge in [-0.1, -0.05) is 12.5 Å². The van der Waals surface area contributed by atoms with Gasteiger partial charge in [-0.05, 0) is 30.9 Å². The van der Waals surface area contributed by atoms with Crippen LogP contribution in [-0.2, 0) is 9.53 Å². The summed E-state index contributed by atoms with van der Waals surface area (Å²) in [5.41, 5.74) is 0.124. The average molecular weight is 329 g/mol. The van der Waals surface area contributed by atoms with Gasteiger partial charge in [0.1, 0.15) is 5.82 Å². The highest BCUT2D eigenvalue weighted by Gasteiger charge is 2.55. The first kappa shape index (κ1) is 16.5. The number of ether oxygens (including phenoxy) is 1. The number of methoxy groups -OCH3 is 1. The Labute approximate surface area is 141 Å². The Bertz CT molecular complexity index is 643. The van der Waals surface area contributed by atoms with Crippen LogP contribution in [-0.4, -0.2) is 43.6 Å². The molecule has 24 heavy (non-hydrogen) atoms. The van der Waals surface area contributed by atoms with E-state index >= 15 is 0 Å². The predicted octanol–water partition coefficient (Wildman–Crippen LogP) is 1.78. The van der Waals surface area contributed by atoms with Gasteiger partial charge in [0.2, 0.25) is 0 Å². The van der Waals surface area contributed by atoms with E-state index < -0.39 is 5.41 Å². The zero-order chi connectivity index (χ0) is 17.2. The fraction of sp³-hybridized carbons (Fsp3) is 0.500. The molecule has 0 bridgehead atoms. The Kier molecular flexibility index (Phi) is 4.55. The van der Waals surface area contributed by atoms with E-state index in [4.69, 9.17) is 4.74 Å². The van der Waals surface area contributed by atoms with E-state index in [0.29, 0.717) is 24.6 Å². The van der Waals surface area contributed by atoms with Gasteiger partial charge in [-0.25, -0.2) is 4.98 Å². The molecule has 1 aromatic rings. The lowest BCUT2D eigenvalue weighted by Crippen LogP contribution is -2.37. The fourth-order valence-corrected chi connectivity index (χ4v) is 3.98. The van der Waals surface area contributed by atoms with Crippen LogP contribution < -0.4 is 10.2 Å². The van der Waals surface area contributed by atoms with Crippen molar-refractivity contribution in [2.75, 3.05) is 31.6 Å². The minimum atomic E-state index is -0.392. The minimum absolute atomic E-state index is 0.104. The Balaban J connectivity index is 1.73. The van der Waals surface area contributed by atoms with E-state index in [9.17, 15) is 9.59 Å². The summed E-state index contributed by atoms with van der Waals surface area (Å²) in [6.07, 6.45) is 6.21. The number of carbonyl (C=O) groups excluding carboxylic acids is 2. The van der Waals surface area contributed by atoms with E-state index in [1.165, 1.54) is 7.11 Å². The molecule has 6 nitrogen and oxygen atoms in total. The number of hydrogen-bond donors (Lipinski definition) is 1. The highest BCUT2D eigenvalue weighted by molar-refractivity contribution is 5.94. The molecule has 1 saturated carbocycles. The molecule has 1 aliphatic carbocycles. The topological polar surface area (TPSA) is 71.5 Å². The minimum Gasteiger partial charge on any atom is -0.469 e. The summed E-state index contributed by atoms with van der Waals surface area (Å²) < 4.78 is 5.06. The van der Waals surface area contributed by atoms with Crippen molar-refractivity contribution in [1.29, 1.82) is 0 Å².